The first-order chi connectivity index (χ1) is 10.6. The zero-order chi connectivity index (χ0) is 15.7. The molecule has 0 saturated heterocycles. The Balaban J connectivity index is 2.21. The van der Waals surface area contributed by atoms with Gasteiger partial charge in [0.15, 0.2) is 5.65 Å². The highest BCUT2D eigenvalue weighted by molar-refractivity contribution is 6.31. The summed E-state index contributed by atoms with van der Waals surface area (Å²) in [4.78, 5) is 15.7. The van der Waals surface area contributed by atoms with Crippen LogP contribution in [0.1, 0.15) is 17.3 Å². The van der Waals surface area contributed by atoms with Gasteiger partial charge in [-0.2, -0.15) is 0 Å². The molecule has 0 fully saturated rings. The number of carboxylic acid groups (broad SMARTS) is 1. The number of pyridine rings is 1. The Labute approximate surface area is 131 Å². The number of aromatic carboxylic acids is 1. The maximum Gasteiger partial charge on any atom is 0.339 e. The molecule has 0 aliphatic heterocycles. The minimum atomic E-state index is -1.01. The van der Waals surface area contributed by atoms with E-state index in [1.807, 2.05) is 6.92 Å². The van der Waals surface area contributed by atoms with Crippen LogP contribution >= 0.6 is 11.6 Å². The molecule has 0 atom stereocenters. The Bertz CT molecular complexity index is 858. The lowest BCUT2D eigenvalue weighted by Gasteiger charge is -2.08. The predicted octanol–water partition coefficient (Wildman–Crippen LogP) is 3.75. The van der Waals surface area contributed by atoms with Crippen molar-refractivity contribution in [2.75, 3.05) is 6.61 Å². The van der Waals surface area contributed by atoms with E-state index in [1.54, 1.807) is 41.1 Å². The van der Waals surface area contributed by atoms with Crippen LogP contribution < -0.4 is 4.74 Å². The molecule has 22 heavy (non-hydrogen) atoms. The minimum absolute atomic E-state index is 0.147. The molecule has 0 spiro atoms. The van der Waals surface area contributed by atoms with Crippen molar-refractivity contribution < 1.29 is 14.6 Å². The number of hydrogen-bond acceptors (Lipinski definition) is 3. The fourth-order valence-corrected chi connectivity index (χ4v) is 2.47. The highest BCUT2D eigenvalue weighted by atomic mass is 35.5. The van der Waals surface area contributed by atoms with E-state index in [0.29, 0.717) is 28.7 Å². The van der Waals surface area contributed by atoms with Gasteiger partial charge in [-0.25, -0.2) is 9.78 Å². The molecule has 2 aromatic heterocycles. The van der Waals surface area contributed by atoms with E-state index in [2.05, 4.69) is 4.98 Å². The van der Waals surface area contributed by atoms with Crippen LogP contribution in [0.25, 0.3) is 16.9 Å². The van der Waals surface area contributed by atoms with Gasteiger partial charge in [0.05, 0.1) is 12.3 Å². The van der Waals surface area contributed by atoms with E-state index in [0.717, 1.165) is 5.56 Å². The van der Waals surface area contributed by atoms with Gasteiger partial charge in [0, 0.05) is 23.0 Å². The minimum Gasteiger partial charge on any atom is -0.493 e. The second-order valence-corrected chi connectivity index (χ2v) is 5.09. The first kappa shape index (κ1) is 14.4. The molecule has 0 bridgehead atoms. The van der Waals surface area contributed by atoms with Crippen LogP contribution in [0.4, 0.5) is 0 Å². The number of fused-ring (bicyclic) bond motifs is 1. The number of rotatable bonds is 4. The Morgan fingerprint density at radius 2 is 2.23 bits per heavy atom. The van der Waals surface area contributed by atoms with E-state index in [-0.39, 0.29) is 5.56 Å². The molecule has 1 aromatic carbocycles. The third-order valence-corrected chi connectivity index (χ3v) is 3.47. The van der Waals surface area contributed by atoms with Crippen molar-refractivity contribution in [1.29, 1.82) is 0 Å². The lowest BCUT2D eigenvalue weighted by molar-refractivity contribution is 0.0698. The Hall–Kier alpha value is -2.53. The van der Waals surface area contributed by atoms with Gasteiger partial charge < -0.3 is 14.2 Å². The number of benzene rings is 1. The predicted molar refractivity (Wildman–Crippen MR) is 83.8 cm³/mol. The normalized spacial score (nSPS) is 10.8. The standard InChI is InChI=1S/C16H13ClN2O3/c1-2-22-14-6-5-10(17)8-12(14)13-9-19-7-3-4-11(16(20)21)15(19)18-13/h3-9H,2H2,1H3,(H,20,21). The molecular weight excluding hydrogens is 304 g/mol. The largest absolute Gasteiger partial charge is 0.493 e. The third kappa shape index (κ3) is 2.51. The van der Waals surface area contributed by atoms with Gasteiger partial charge >= 0.3 is 5.97 Å². The summed E-state index contributed by atoms with van der Waals surface area (Å²) in [5, 5.41) is 9.81. The molecule has 0 aliphatic rings. The molecule has 0 amide bonds. The van der Waals surface area contributed by atoms with E-state index in [9.17, 15) is 9.90 Å². The van der Waals surface area contributed by atoms with Gasteiger partial charge in [-0.05, 0) is 37.3 Å². The van der Waals surface area contributed by atoms with Crippen molar-refractivity contribution in [3.05, 3.63) is 53.3 Å². The summed E-state index contributed by atoms with van der Waals surface area (Å²) < 4.78 is 7.27. The van der Waals surface area contributed by atoms with Crippen LogP contribution in [0.5, 0.6) is 5.75 Å². The summed E-state index contributed by atoms with van der Waals surface area (Å²) in [5.74, 6) is -0.356. The maximum atomic E-state index is 11.3. The molecule has 0 aliphatic carbocycles. The Morgan fingerprint density at radius 3 is 2.95 bits per heavy atom. The van der Waals surface area contributed by atoms with Gasteiger partial charge in [-0.1, -0.05) is 11.6 Å². The second kappa shape index (κ2) is 5.69. The topological polar surface area (TPSA) is 63.8 Å². The molecule has 112 valence electrons. The lowest BCUT2D eigenvalue weighted by Crippen LogP contribution is -1.99. The number of carbonyl (C=O) groups is 1. The molecule has 6 heteroatoms. The molecule has 0 saturated carbocycles. The molecule has 0 radical (unpaired) electrons. The quantitative estimate of drug-likeness (QED) is 0.796. The van der Waals surface area contributed by atoms with Crippen molar-refractivity contribution in [3.63, 3.8) is 0 Å². The average Bonchev–Trinajstić information content (AvgIpc) is 2.92. The van der Waals surface area contributed by atoms with Gasteiger partial charge in [0.1, 0.15) is 11.3 Å². The van der Waals surface area contributed by atoms with E-state index in [4.69, 9.17) is 16.3 Å². The van der Waals surface area contributed by atoms with Crippen LogP contribution in [0, 0.1) is 0 Å². The third-order valence-electron chi connectivity index (χ3n) is 3.23. The number of halogens is 1. The number of aromatic nitrogens is 2. The molecule has 3 aromatic rings. The number of carboxylic acids is 1. The molecule has 5 nitrogen and oxygen atoms in total. The fraction of sp³-hybridized carbons (Fsp3) is 0.125. The summed E-state index contributed by atoms with van der Waals surface area (Å²) in [6.45, 7) is 2.41. The fourth-order valence-electron chi connectivity index (χ4n) is 2.29. The van der Waals surface area contributed by atoms with E-state index < -0.39 is 5.97 Å². The van der Waals surface area contributed by atoms with Gasteiger partial charge in [-0.3, -0.25) is 0 Å². The van der Waals surface area contributed by atoms with Crippen LogP contribution in [0.3, 0.4) is 0 Å². The molecule has 3 rings (SSSR count). The molecular formula is C16H13ClN2O3. The molecule has 2 heterocycles. The Kier molecular flexibility index (Phi) is 3.73. The van der Waals surface area contributed by atoms with Crippen LogP contribution in [0.15, 0.2) is 42.7 Å². The summed E-state index contributed by atoms with van der Waals surface area (Å²) >= 11 is 6.06. The summed E-state index contributed by atoms with van der Waals surface area (Å²) in [7, 11) is 0. The number of ether oxygens (including phenoxy) is 1. The van der Waals surface area contributed by atoms with E-state index in [1.165, 1.54) is 6.07 Å². The van der Waals surface area contributed by atoms with Crippen molar-refractivity contribution >= 4 is 23.2 Å². The van der Waals surface area contributed by atoms with E-state index >= 15 is 0 Å². The average molecular weight is 317 g/mol. The summed E-state index contributed by atoms with van der Waals surface area (Å²) in [6, 6.07) is 8.48. The van der Waals surface area contributed by atoms with Crippen LogP contribution in [-0.4, -0.2) is 27.1 Å². The van der Waals surface area contributed by atoms with Crippen LogP contribution in [-0.2, 0) is 0 Å². The summed E-state index contributed by atoms with van der Waals surface area (Å²) in [5.41, 5.74) is 1.87. The second-order valence-electron chi connectivity index (χ2n) is 4.66. The zero-order valence-electron chi connectivity index (χ0n) is 11.8. The molecule has 1 N–H and O–H groups in total. The number of hydrogen-bond donors (Lipinski definition) is 1. The summed E-state index contributed by atoms with van der Waals surface area (Å²) in [6.07, 6.45) is 3.51. The lowest BCUT2D eigenvalue weighted by atomic mass is 10.1. The SMILES string of the molecule is CCOc1ccc(Cl)cc1-c1cn2cccc(C(=O)O)c2n1. The first-order valence-electron chi connectivity index (χ1n) is 6.74. The Morgan fingerprint density at radius 1 is 1.41 bits per heavy atom. The first-order valence-corrected chi connectivity index (χ1v) is 7.11. The van der Waals surface area contributed by atoms with Gasteiger partial charge in [-0.15, -0.1) is 0 Å². The zero-order valence-corrected chi connectivity index (χ0v) is 12.5. The number of imidazole rings is 1. The highest BCUT2D eigenvalue weighted by Gasteiger charge is 2.15. The monoisotopic (exact) mass is 316 g/mol. The number of nitrogens with zero attached hydrogens (tertiary/aromatic N) is 2. The van der Waals surface area contributed by atoms with Crippen molar-refractivity contribution in [2.24, 2.45) is 0 Å². The maximum absolute atomic E-state index is 11.3. The smallest absolute Gasteiger partial charge is 0.339 e. The molecule has 0 unspecified atom stereocenters. The van der Waals surface area contributed by atoms with Crippen molar-refractivity contribution in [2.45, 2.75) is 6.92 Å². The van der Waals surface area contributed by atoms with Crippen molar-refractivity contribution in [3.8, 4) is 17.0 Å². The van der Waals surface area contributed by atoms with Gasteiger partial charge in [0.2, 0.25) is 0 Å². The highest BCUT2D eigenvalue weighted by Crippen LogP contribution is 2.32. The van der Waals surface area contributed by atoms with Crippen LogP contribution in [0.2, 0.25) is 5.02 Å². The van der Waals surface area contributed by atoms with Crippen molar-refractivity contribution in [1.82, 2.24) is 9.38 Å². The van der Waals surface area contributed by atoms with Gasteiger partial charge in [0.25, 0.3) is 0 Å².